The highest BCUT2D eigenvalue weighted by molar-refractivity contribution is 7.71. The van der Waals surface area contributed by atoms with Crippen LogP contribution < -0.4 is 20.3 Å². The van der Waals surface area contributed by atoms with Crippen LogP contribution >= 0.6 is 12.2 Å². The Labute approximate surface area is 185 Å². The first kappa shape index (κ1) is 22.5. The van der Waals surface area contributed by atoms with E-state index in [2.05, 4.69) is 15.3 Å². The van der Waals surface area contributed by atoms with Gasteiger partial charge in [0.2, 0.25) is 5.91 Å². The van der Waals surface area contributed by atoms with Gasteiger partial charge in [0.15, 0.2) is 16.3 Å². The van der Waals surface area contributed by atoms with Crippen molar-refractivity contribution in [2.45, 2.75) is 39.8 Å². The van der Waals surface area contributed by atoms with Crippen LogP contribution in [-0.2, 0) is 17.9 Å². The summed E-state index contributed by atoms with van der Waals surface area (Å²) in [6.45, 7) is 5.44. The van der Waals surface area contributed by atoms with Crippen LogP contribution in [0.25, 0.3) is 10.9 Å². The maximum atomic E-state index is 13.0. The van der Waals surface area contributed by atoms with E-state index in [9.17, 15) is 9.59 Å². The molecular formula is C22H26N4O4S. The number of nitrogens with zero attached hydrogens (tertiary/aromatic N) is 2. The summed E-state index contributed by atoms with van der Waals surface area (Å²) < 4.78 is 13.0. The average Bonchev–Trinajstić information content (AvgIpc) is 2.76. The Bertz CT molecular complexity index is 1160. The van der Waals surface area contributed by atoms with Gasteiger partial charge in [0.25, 0.3) is 5.56 Å². The molecule has 1 amide bonds. The molecule has 0 aliphatic rings. The van der Waals surface area contributed by atoms with Crippen molar-refractivity contribution in [3.8, 4) is 11.5 Å². The summed E-state index contributed by atoms with van der Waals surface area (Å²) in [7, 11) is 0. The molecule has 31 heavy (non-hydrogen) atoms. The fraction of sp³-hybridized carbons (Fsp3) is 0.364. The molecule has 164 valence electrons. The molecule has 3 rings (SSSR count). The van der Waals surface area contributed by atoms with Crippen LogP contribution in [-0.4, -0.2) is 33.7 Å². The quantitative estimate of drug-likeness (QED) is 0.467. The molecule has 0 bridgehead atoms. The van der Waals surface area contributed by atoms with Crippen LogP contribution in [0.1, 0.15) is 32.3 Å². The normalized spacial score (nSPS) is 10.8. The number of rotatable bonds is 10. The zero-order chi connectivity index (χ0) is 22.2. The van der Waals surface area contributed by atoms with Gasteiger partial charge >= 0.3 is 0 Å². The van der Waals surface area contributed by atoms with Gasteiger partial charge in [-0.2, -0.15) is 0 Å². The minimum atomic E-state index is -0.224. The summed E-state index contributed by atoms with van der Waals surface area (Å²) in [6, 6.07) is 7.13. The summed E-state index contributed by atoms with van der Waals surface area (Å²) in [5.74, 6) is 0.985. The minimum Gasteiger partial charge on any atom is -0.490 e. The highest BCUT2D eigenvalue weighted by atomic mass is 32.1. The van der Waals surface area contributed by atoms with E-state index in [0.717, 1.165) is 5.56 Å². The molecule has 0 spiro atoms. The molecule has 0 atom stereocenters. The summed E-state index contributed by atoms with van der Waals surface area (Å²) >= 11 is 5.38. The lowest BCUT2D eigenvalue weighted by molar-refractivity contribution is -0.121. The standard InChI is InChI=1S/C22H26N4O4S/c1-3-29-18-11-16-17(12-19(18)30-4-2)25-22(31)26(21(16)28)10-6-8-20(27)24-14-15-7-5-9-23-13-15/h5,7,9,11-13H,3-4,6,8,10,14H2,1-2H3,(H,24,27)(H,25,31). The van der Waals surface area contributed by atoms with Crippen molar-refractivity contribution in [3.05, 3.63) is 57.3 Å². The van der Waals surface area contributed by atoms with E-state index in [1.54, 1.807) is 24.5 Å². The molecule has 0 unspecified atom stereocenters. The highest BCUT2D eigenvalue weighted by Gasteiger charge is 2.13. The van der Waals surface area contributed by atoms with Crippen molar-refractivity contribution in [2.24, 2.45) is 0 Å². The van der Waals surface area contributed by atoms with Crippen LogP contribution in [0.15, 0.2) is 41.5 Å². The van der Waals surface area contributed by atoms with Gasteiger partial charge < -0.3 is 19.8 Å². The number of hydrogen-bond acceptors (Lipinski definition) is 6. The Morgan fingerprint density at radius 3 is 2.65 bits per heavy atom. The fourth-order valence-electron chi connectivity index (χ4n) is 3.19. The molecular weight excluding hydrogens is 416 g/mol. The lowest BCUT2D eigenvalue weighted by Gasteiger charge is -2.13. The van der Waals surface area contributed by atoms with Gasteiger partial charge in [0.05, 0.1) is 24.1 Å². The zero-order valence-electron chi connectivity index (χ0n) is 17.6. The molecule has 0 radical (unpaired) electrons. The second-order valence-corrected chi connectivity index (χ2v) is 7.23. The molecule has 9 heteroatoms. The van der Waals surface area contributed by atoms with Gasteiger partial charge in [-0.1, -0.05) is 6.07 Å². The SMILES string of the molecule is CCOc1cc2[nH]c(=S)n(CCCC(=O)NCc3cccnc3)c(=O)c2cc1OCC. The number of H-pyrrole nitrogens is 1. The van der Waals surface area contributed by atoms with Crippen molar-refractivity contribution in [1.29, 1.82) is 0 Å². The third kappa shape index (κ3) is 5.69. The summed E-state index contributed by atoms with van der Waals surface area (Å²) in [5, 5.41) is 3.31. The minimum absolute atomic E-state index is 0.0902. The molecule has 3 aromatic rings. The maximum absolute atomic E-state index is 13.0. The second kappa shape index (κ2) is 10.7. The number of pyridine rings is 1. The van der Waals surface area contributed by atoms with Gasteiger partial charge in [-0.15, -0.1) is 0 Å². The third-order valence-corrected chi connectivity index (χ3v) is 4.97. The number of fused-ring (bicyclic) bond motifs is 1. The molecule has 0 aliphatic carbocycles. The number of aromatic nitrogens is 3. The fourth-order valence-corrected chi connectivity index (χ4v) is 3.47. The number of carbonyl (C=O) groups is 1. The van der Waals surface area contributed by atoms with Crippen LogP contribution in [0, 0.1) is 4.77 Å². The van der Waals surface area contributed by atoms with Gasteiger partial charge in [-0.25, -0.2) is 0 Å². The van der Waals surface area contributed by atoms with Gasteiger partial charge in [-0.3, -0.25) is 19.1 Å². The average molecular weight is 443 g/mol. The first-order valence-electron chi connectivity index (χ1n) is 10.3. The van der Waals surface area contributed by atoms with Crippen LogP contribution in [0.4, 0.5) is 0 Å². The predicted molar refractivity (Wildman–Crippen MR) is 121 cm³/mol. The number of nitrogens with one attached hydrogen (secondary N) is 2. The molecule has 8 nitrogen and oxygen atoms in total. The highest BCUT2D eigenvalue weighted by Crippen LogP contribution is 2.30. The summed E-state index contributed by atoms with van der Waals surface area (Å²) in [6.07, 6.45) is 4.16. The van der Waals surface area contributed by atoms with Crippen molar-refractivity contribution < 1.29 is 14.3 Å². The number of carbonyl (C=O) groups excluding carboxylic acids is 1. The maximum Gasteiger partial charge on any atom is 0.262 e. The van der Waals surface area contributed by atoms with E-state index in [0.29, 0.717) is 59.9 Å². The number of benzene rings is 1. The largest absolute Gasteiger partial charge is 0.490 e. The van der Waals surface area contributed by atoms with Crippen LogP contribution in [0.3, 0.4) is 0 Å². The van der Waals surface area contributed by atoms with E-state index >= 15 is 0 Å². The molecule has 1 aromatic carbocycles. The first-order chi connectivity index (χ1) is 15.0. The topological polar surface area (TPSA) is 98.2 Å². The van der Waals surface area contributed by atoms with Crippen molar-refractivity contribution in [1.82, 2.24) is 19.9 Å². The number of hydrogen-bond donors (Lipinski definition) is 2. The van der Waals surface area contributed by atoms with Gasteiger partial charge in [0.1, 0.15) is 0 Å². The van der Waals surface area contributed by atoms with Crippen LogP contribution in [0.2, 0.25) is 0 Å². The molecule has 0 saturated carbocycles. The molecule has 0 fully saturated rings. The summed E-state index contributed by atoms with van der Waals surface area (Å²) in [4.78, 5) is 32.3. The lowest BCUT2D eigenvalue weighted by Crippen LogP contribution is -2.25. The Kier molecular flexibility index (Phi) is 7.77. The molecule has 2 aromatic heterocycles. The second-order valence-electron chi connectivity index (χ2n) is 6.84. The molecule has 2 N–H and O–H groups in total. The Morgan fingerprint density at radius 2 is 1.97 bits per heavy atom. The van der Waals surface area contributed by atoms with Gasteiger partial charge in [0, 0.05) is 38.0 Å². The van der Waals surface area contributed by atoms with E-state index in [-0.39, 0.29) is 17.9 Å². The van der Waals surface area contributed by atoms with Crippen LogP contribution in [0.5, 0.6) is 11.5 Å². The summed E-state index contributed by atoms with van der Waals surface area (Å²) in [5.41, 5.74) is 1.30. The van der Waals surface area contributed by atoms with Crippen molar-refractivity contribution in [2.75, 3.05) is 13.2 Å². The van der Waals surface area contributed by atoms with E-state index in [1.165, 1.54) is 4.57 Å². The zero-order valence-corrected chi connectivity index (χ0v) is 18.5. The van der Waals surface area contributed by atoms with Crippen molar-refractivity contribution >= 4 is 29.0 Å². The Balaban J connectivity index is 1.71. The van der Waals surface area contributed by atoms with E-state index in [4.69, 9.17) is 21.7 Å². The molecule has 0 aliphatic heterocycles. The van der Waals surface area contributed by atoms with Gasteiger partial charge in [-0.05, 0) is 50.2 Å². The number of ether oxygens (including phenoxy) is 2. The van der Waals surface area contributed by atoms with E-state index in [1.807, 2.05) is 26.0 Å². The number of amides is 1. The monoisotopic (exact) mass is 442 g/mol. The smallest absolute Gasteiger partial charge is 0.262 e. The lowest BCUT2D eigenvalue weighted by atomic mass is 10.2. The molecule has 2 heterocycles. The third-order valence-electron chi connectivity index (χ3n) is 4.64. The number of aromatic amines is 1. The van der Waals surface area contributed by atoms with Crippen molar-refractivity contribution in [3.63, 3.8) is 0 Å². The Hall–Kier alpha value is -3.20. The first-order valence-corrected chi connectivity index (χ1v) is 10.7. The predicted octanol–water partition coefficient (Wildman–Crippen LogP) is 3.35. The molecule has 0 saturated heterocycles. The van der Waals surface area contributed by atoms with E-state index < -0.39 is 0 Å². The Morgan fingerprint density at radius 1 is 1.23 bits per heavy atom.